The van der Waals surface area contributed by atoms with Gasteiger partial charge in [-0.05, 0) is 24.3 Å². The highest BCUT2D eigenvalue weighted by atomic mass is 16.3. The van der Waals surface area contributed by atoms with Crippen LogP contribution < -0.4 is 5.32 Å². The average molecular weight is 219 g/mol. The normalized spacial score (nSPS) is 30.6. The van der Waals surface area contributed by atoms with E-state index in [1.807, 2.05) is 6.07 Å². The lowest BCUT2D eigenvalue weighted by atomic mass is 9.87. The van der Waals surface area contributed by atoms with Gasteiger partial charge >= 0.3 is 0 Å². The van der Waals surface area contributed by atoms with Crippen LogP contribution in [-0.2, 0) is 0 Å². The zero-order valence-electron chi connectivity index (χ0n) is 10.1. The van der Waals surface area contributed by atoms with Crippen molar-refractivity contribution in [2.75, 3.05) is 0 Å². The second-order valence-electron chi connectivity index (χ2n) is 5.11. The van der Waals surface area contributed by atoms with E-state index in [2.05, 4.69) is 43.4 Å². The van der Waals surface area contributed by atoms with Gasteiger partial charge in [0.15, 0.2) is 0 Å². The highest BCUT2D eigenvalue weighted by Crippen LogP contribution is 2.28. The molecule has 0 unspecified atom stereocenters. The molecule has 1 aliphatic heterocycles. The number of aliphatic hydroxyl groups excluding tert-OH is 1. The maximum absolute atomic E-state index is 9.92. The quantitative estimate of drug-likeness (QED) is 0.801. The molecule has 1 saturated heterocycles. The Kier molecular flexibility index (Phi) is 3.62. The molecule has 1 aliphatic rings. The lowest BCUT2D eigenvalue weighted by Gasteiger charge is -2.36. The molecule has 2 nitrogen and oxygen atoms in total. The molecule has 1 heterocycles. The molecule has 0 aliphatic carbocycles. The SMILES string of the molecule is CC(C)[C@H]1C[C@@H](O)C[C@@H](c2ccccc2)N1. The van der Waals surface area contributed by atoms with Gasteiger partial charge < -0.3 is 10.4 Å². The standard InChI is InChI=1S/C14H21NO/c1-10(2)13-8-12(16)9-14(15-13)11-6-4-3-5-7-11/h3-7,10,12-16H,8-9H2,1-2H3/t12-,13-,14+/m1/s1. The van der Waals surface area contributed by atoms with Crippen LogP contribution in [0.25, 0.3) is 0 Å². The molecule has 3 atom stereocenters. The van der Waals surface area contributed by atoms with Gasteiger partial charge in [0.05, 0.1) is 6.10 Å². The van der Waals surface area contributed by atoms with Crippen molar-refractivity contribution in [2.24, 2.45) is 5.92 Å². The van der Waals surface area contributed by atoms with Crippen molar-refractivity contribution < 1.29 is 5.11 Å². The minimum atomic E-state index is -0.168. The topological polar surface area (TPSA) is 32.3 Å². The van der Waals surface area contributed by atoms with E-state index in [1.54, 1.807) is 0 Å². The summed E-state index contributed by atoms with van der Waals surface area (Å²) in [5.41, 5.74) is 1.28. The van der Waals surface area contributed by atoms with Crippen LogP contribution >= 0.6 is 0 Å². The van der Waals surface area contributed by atoms with E-state index in [0.29, 0.717) is 18.0 Å². The van der Waals surface area contributed by atoms with Crippen molar-refractivity contribution in [3.05, 3.63) is 35.9 Å². The van der Waals surface area contributed by atoms with Crippen molar-refractivity contribution in [3.8, 4) is 0 Å². The fourth-order valence-electron chi connectivity index (χ4n) is 2.44. The van der Waals surface area contributed by atoms with Gasteiger partial charge in [-0.25, -0.2) is 0 Å². The molecule has 88 valence electrons. The van der Waals surface area contributed by atoms with Crippen LogP contribution in [0.15, 0.2) is 30.3 Å². The summed E-state index contributed by atoms with van der Waals surface area (Å²) in [5, 5.41) is 13.6. The molecule has 0 amide bonds. The summed E-state index contributed by atoms with van der Waals surface area (Å²) in [6.45, 7) is 4.41. The second-order valence-corrected chi connectivity index (χ2v) is 5.11. The molecular formula is C14H21NO. The predicted octanol–water partition coefficient (Wildman–Crippen LogP) is 2.50. The fourth-order valence-corrected chi connectivity index (χ4v) is 2.44. The van der Waals surface area contributed by atoms with Gasteiger partial charge in [-0.3, -0.25) is 0 Å². The van der Waals surface area contributed by atoms with E-state index in [9.17, 15) is 5.11 Å². The zero-order chi connectivity index (χ0) is 11.5. The van der Waals surface area contributed by atoms with Crippen LogP contribution in [0.2, 0.25) is 0 Å². The van der Waals surface area contributed by atoms with Crippen molar-refractivity contribution in [3.63, 3.8) is 0 Å². The van der Waals surface area contributed by atoms with Crippen molar-refractivity contribution >= 4 is 0 Å². The van der Waals surface area contributed by atoms with Gasteiger partial charge in [-0.2, -0.15) is 0 Å². The zero-order valence-corrected chi connectivity index (χ0v) is 10.1. The van der Waals surface area contributed by atoms with Crippen LogP contribution in [-0.4, -0.2) is 17.3 Å². The van der Waals surface area contributed by atoms with Gasteiger partial charge in [-0.1, -0.05) is 44.2 Å². The molecule has 1 aromatic carbocycles. The Morgan fingerprint density at radius 1 is 1.19 bits per heavy atom. The number of hydrogen-bond acceptors (Lipinski definition) is 2. The molecule has 1 aromatic rings. The molecule has 0 spiro atoms. The highest BCUT2D eigenvalue weighted by Gasteiger charge is 2.29. The summed E-state index contributed by atoms with van der Waals surface area (Å²) < 4.78 is 0. The first kappa shape index (κ1) is 11.6. The smallest absolute Gasteiger partial charge is 0.0573 e. The molecule has 0 bridgehead atoms. The molecule has 2 heteroatoms. The van der Waals surface area contributed by atoms with Crippen molar-refractivity contribution in [1.82, 2.24) is 5.32 Å². The maximum Gasteiger partial charge on any atom is 0.0573 e. The molecule has 0 saturated carbocycles. The number of piperidine rings is 1. The third-order valence-electron chi connectivity index (χ3n) is 3.46. The lowest BCUT2D eigenvalue weighted by Crippen LogP contribution is -2.45. The molecule has 2 rings (SSSR count). The van der Waals surface area contributed by atoms with E-state index in [-0.39, 0.29) is 6.10 Å². The molecule has 2 N–H and O–H groups in total. The van der Waals surface area contributed by atoms with Crippen LogP contribution in [0.1, 0.15) is 38.3 Å². The molecule has 0 radical (unpaired) electrons. The van der Waals surface area contributed by atoms with Gasteiger partial charge in [0.1, 0.15) is 0 Å². The Bertz CT molecular complexity index is 323. The number of hydrogen-bond donors (Lipinski definition) is 2. The summed E-state index contributed by atoms with van der Waals surface area (Å²) in [6.07, 6.45) is 1.53. The predicted molar refractivity (Wildman–Crippen MR) is 66.2 cm³/mol. The lowest BCUT2D eigenvalue weighted by molar-refractivity contribution is 0.0813. The molecule has 1 fully saturated rings. The minimum Gasteiger partial charge on any atom is -0.393 e. The number of aliphatic hydroxyl groups is 1. The van der Waals surface area contributed by atoms with Crippen LogP contribution in [0, 0.1) is 5.92 Å². The van der Waals surface area contributed by atoms with Gasteiger partial charge in [0.2, 0.25) is 0 Å². The van der Waals surface area contributed by atoms with Gasteiger partial charge in [0.25, 0.3) is 0 Å². The summed E-state index contributed by atoms with van der Waals surface area (Å²) in [4.78, 5) is 0. The number of benzene rings is 1. The molecule has 16 heavy (non-hydrogen) atoms. The first-order chi connectivity index (χ1) is 7.66. The van der Waals surface area contributed by atoms with Gasteiger partial charge in [-0.15, -0.1) is 0 Å². The van der Waals surface area contributed by atoms with Gasteiger partial charge in [0, 0.05) is 12.1 Å². The first-order valence-electron chi connectivity index (χ1n) is 6.16. The van der Waals surface area contributed by atoms with E-state index in [1.165, 1.54) is 5.56 Å². The average Bonchev–Trinajstić information content (AvgIpc) is 2.29. The Labute approximate surface area is 97.7 Å². The summed E-state index contributed by atoms with van der Waals surface area (Å²) in [6, 6.07) is 11.1. The second kappa shape index (κ2) is 4.98. The van der Waals surface area contributed by atoms with Crippen molar-refractivity contribution in [2.45, 2.75) is 44.9 Å². The molecule has 0 aromatic heterocycles. The van der Waals surface area contributed by atoms with Crippen LogP contribution in [0.4, 0.5) is 0 Å². The number of rotatable bonds is 2. The number of nitrogens with one attached hydrogen (secondary N) is 1. The van der Waals surface area contributed by atoms with Crippen LogP contribution in [0.5, 0.6) is 0 Å². The van der Waals surface area contributed by atoms with Crippen molar-refractivity contribution in [1.29, 1.82) is 0 Å². The Morgan fingerprint density at radius 3 is 2.50 bits per heavy atom. The third-order valence-corrected chi connectivity index (χ3v) is 3.46. The van der Waals surface area contributed by atoms with E-state index >= 15 is 0 Å². The Hall–Kier alpha value is -0.860. The Balaban J connectivity index is 2.11. The molecular weight excluding hydrogens is 198 g/mol. The van der Waals surface area contributed by atoms with E-state index in [4.69, 9.17) is 0 Å². The van der Waals surface area contributed by atoms with E-state index < -0.39 is 0 Å². The van der Waals surface area contributed by atoms with Crippen LogP contribution in [0.3, 0.4) is 0 Å². The highest BCUT2D eigenvalue weighted by molar-refractivity contribution is 5.20. The first-order valence-corrected chi connectivity index (χ1v) is 6.16. The van der Waals surface area contributed by atoms with E-state index in [0.717, 1.165) is 12.8 Å². The fraction of sp³-hybridized carbons (Fsp3) is 0.571. The minimum absolute atomic E-state index is 0.168. The summed E-state index contributed by atoms with van der Waals surface area (Å²) in [5.74, 6) is 0.571. The largest absolute Gasteiger partial charge is 0.393 e. The summed E-state index contributed by atoms with van der Waals surface area (Å²) in [7, 11) is 0. The Morgan fingerprint density at radius 2 is 1.88 bits per heavy atom. The third kappa shape index (κ3) is 2.63. The maximum atomic E-state index is 9.92. The monoisotopic (exact) mass is 219 g/mol. The summed E-state index contributed by atoms with van der Waals surface area (Å²) >= 11 is 0.